The number of nitrogens with one attached hydrogen (secondary N) is 1. The molecule has 1 heterocycles. The molecule has 0 aromatic carbocycles. The molecule has 1 aromatic rings. The quantitative estimate of drug-likeness (QED) is 0.821. The number of hydrogen-bond acceptors (Lipinski definition) is 3. The lowest BCUT2D eigenvalue weighted by Crippen LogP contribution is -2.32. The van der Waals surface area contributed by atoms with E-state index < -0.39 is 0 Å². The molecule has 16 heavy (non-hydrogen) atoms. The summed E-state index contributed by atoms with van der Waals surface area (Å²) in [5.41, 5.74) is 0. The van der Waals surface area contributed by atoms with E-state index in [1.165, 1.54) is 32.1 Å². The highest BCUT2D eigenvalue weighted by molar-refractivity contribution is 6.28. The Morgan fingerprint density at radius 2 is 2.25 bits per heavy atom. The maximum absolute atomic E-state index is 5.77. The van der Waals surface area contributed by atoms with Crippen molar-refractivity contribution in [2.75, 3.05) is 5.32 Å². The lowest BCUT2D eigenvalue weighted by Gasteiger charge is -2.31. The summed E-state index contributed by atoms with van der Waals surface area (Å²) in [6, 6.07) is 2.43. The molecule has 0 amide bonds. The first-order chi connectivity index (χ1) is 7.79. The molecular formula is C12H18ClN3. The molecule has 0 bridgehead atoms. The summed E-state index contributed by atoms with van der Waals surface area (Å²) >= 11 is 5.77. The number of aromatic nitrogens is 2. The SMILES string of the molecule is CCC1CCCCC1Nc1ccnc(Cl)n1. The van der Waals surface area contributed by atoms with Crippen LogP contribution in [0.5, 0.6) is 0 Å². The predicted octanol–water partition coefficient (Wildman–Crippen LogP) is 3.51. The van der Waals surface area contributed by atoms with Crippen LogP contribution in [-0.2, 0) is 0 Å². The molecule has 0 radical (unpaired) electrons. The molecule has 88 valence electrons. The topological polar surface area (TPSA) is 37.8 Å². The van der Waals surface area contributed by atoms with Crippen LogP contribution >= 0.6 is 11.6 Å². The second kappa shape index (κ2) is 5.48. The van der Waals surface area contributed by atoms with Crippen molar-refractivity contribution < 1.29 is 0 Å². The van der Waals surface area contributed by atoms with Crippen molar-refractivity contribution in [3.8, 4) is 0 Å². The van der Waals surface area contributed by atoms with Gasteiger partial charge in [-0.25, -0.2) is 9.97 Å². The summed E-state index contributed by atoms with van der Waals surface area (Å²) in [7, 11) is 0. The fourth-order valence-electron chi connectivity index (χ4n) is 2.49. The summed E-state index contributed by atoms with van der Waals surface area (Å²) in [5.74, 6) is 1.62. The Balaban J connectivity index is 2.02. The Hall–Kier alpha value is -0.830. The third kappa shape index (κ3) is 2.85. The monoisotopic (exact) mass is 239 g/mol. The van der Waals surface area contributed by atoms with Gasteiger partial charge in [-0.1, -0.05) is 26.2 Å². The highest BCUT2D eigenvalue weighted by Crippen LogP contribution is 2.28. The molecule has 3 nitrogen and oxygen atoms in total. The average Bonchev–Trinajstić information content (AvgIpc) is 2.30. The van der Waals surface area contributed by atoms with Gasteiger partial charge in [-0.2, -0.15) is 0 Å². The molecule has 1 N–H and O–H groups in total. The van der Waals surface area contributed by atoms with Gasteiger partial charge in [0.2, 0.25) is 5.28 Å². The van der Waals surface area contributed by atoms with E-state index in [9.17, 15) is 0 Å². The maximum atomic E-state index is 5.77. The molecule has 1 aromatic heterocycles. The lowest BCUT2D eigenvalue weighted by atomic mass is 9.83. The fraction of sp³-hybridized carbons (Fsp3) is 0.667. The van der Waals surface area contributed by atoms with Gasteiger partial charge in [-0.3, -0.25) is 0 Å². The molecular weight excluding hydrogens is 222 g/mol. The molecule has 1 fully saturated rings. The predicted molar refractivity (Wildman–Crippen MR) is 66.7 cm³/mol. The van der Waals surface area contributed by atoms with Crippen LogP contribution in [0.15, 0.2) is 12.3 Å². The molecule has 0 spiro atoms. The van der Waals surface area contributed by atoms with Crippen molar-refractivity contribution in [2.24, 2.45) is 5.92 Å². The van der Waals surface area contributed by atoms with E-state index in [0.29, 0.717) is 11.3 Å². The Morgan fingerprint density at radius 3 is 3.00 bits per heavy atom. The molecule has 2 rings (SSSR count). The number of nitrogens with zero attached hydrogens (tertiary/aromatic N) is 2. The van der Waals surface area contributed by atoms with Gasteiger partial charge in [-0.15, -0.1) is 0 Å². The third-order valence-electron chi connectivity index (χ3n) is 3.39. The van der Waals surface area contributed by atoms with Gasteiger partial charge < -0.3 is 5.32 Å². The Kier molecular flexibility index (Phi) is 3.99. The maximum Gasteiger partial charge on any atom is 0.224 e. The molecule has 2 atom stereocenters. The second-order valence-electron chi connectivity index (χ2n) is 4.41. The van der Waals surface area contributed by atoms with Crippen LogP contribution in [0, 0.1) is 5.92 Å². The van der Waals surface area contributed by atoms with Crippen molar-refractivity contribution in [1.29, 1.82) is 0 Å². The first kappa shape index (κ1) is 11.6. The van der Waals surface area contributed by atoms with Crippen LogP contribution in [0.25, 0.3) is 0 Å². The van der Waals surface area contributed by atoms with Crippen LogP contribution < -0.4 is 5.32 Å². The van der Waals surface area contributed by atoms with E-state index >= 15 is 0 Å². The van der Waals surface area contributed by atoms with Crippen LogP contribution in [0.2, 0.25) is 5.28 Å². The molecule has 0 saturated heterocycles. The zero-order valence-corrected chi connectivity index (χ0v) is 10.4. The van der Waals surface area contributed by atoms with E-state index in [1.54, 1.807) is 6.20 Å². The summed E-state index contributed by atoms with van der Waals surface area (Å²) < 4.78 is 0. The minimum atomic E-state index is 0.314. The van der Waals surface area contributed by atoms with E-state index in [4.69, 9.17) is 11.6 Å². The third-order valence-corrected chi connectivity index (χ3v) is 3.58. The normalized spacial score (nSPS) is 25.4. The highest BCUT2D eigenvalue weighted by atomic mass is 35.5. The van der Waals surface area contributed by atoms with Crippen LogP contribution in [-0.4, -0.2) is 16.0 Å². The summed E-state index contributed by atoms with van der Waals surface area (Å²) in [6.07, 6.45) is 8.17. The molecule has 1 aliphatic carbocycles. The van der Waals surface area contributed by atoms with Gasteiger partial charge in [0.05, 0.1) is 0 Å². The minimum Gasteiger partial charge on any atom is -0.367 e. The Morgan fingerprint density at radius 1 is 1.44 bits per heavy atom. The smallest absolute Gasteiger partial charge is 0.224 e. The van der Waals surface area contributed by atoms with Crippen molar-refractivity contribution in [1.82, 2.24) is 9.97 Å². The van der Waals surface area contributed by atoms with Crippen LogP contribution in [0.1, 0.15) is 39.0 Å². The van der Waals surface area contributed by atoms with Crippen molar-refractivity contribution in [3.05, 3.63) is 17.5 Å². The number of rotatable bonds is 3. The lowest BCUT2D eigenvalue weighted by molar-refractivity contribution is 0.317. The molecule has 1 saturated carbocycles. The average molecular weight is 240 g/mol. The van der Waals surface area contributed by atoms with Crippen molar-refractivity contribution in [2.45, 2.75) is 45.1 Å². The Labute approximate surface area is 102 Å². The van der Waals surface area contributed by atoms with Gasteiger partial charge in [0, 0.05) is 12.2 Å². The van der Waals surface area contributed by atoms with E-state index in [0.717, 1.165) is 11.7 Å². The van der Waals surface area contributed by atoms with Crippen molar-refractivity contribution in [3.63, 3.8) is 0 Å². The number of hydrogen-bond donors (Lipinski definition) is 1. The van der Waals surface area contributed by atoms with Crippen LogP contribution in [0.3, 0.4) is 0 Å². The number of anilines is 1. The fourth-order valence-corrected chi connectivity index (χ4v) is 2.64. The number of halogens is 1. The van der Waals surface area contributed by atoms with E-state index in [-0.39, 0.29) is 0 Å². The van der Waals surface area contributed by atoms with Gasteiger partial charge in [0.1, 0.15) is 5.82 Å². The van der Waals surface area contributed by atoms with Crippen LogP contribution in [0.4, 0.5) is 5.82 Å². The highest BCUT2D eigenvalue weighted by Gasteiger charge is 2.23. The van der Waals surface area contributed by atoms with Gasteiger partial charge in [0.25, 0.3) is 0 Å². The molecule has 4 heteroatoms. The zero-order valence-electron chi connectivity index (χ0n) is 9.62. The first-order valence-electron chi connectivity index (χ1n) is 6.04. The van der Waals surface area contributed by atoms with Crippen molar-refractivity contribution >= 4 is 17.4 Å². The Bertz CT molecular complexity index is 343. The second-order valence-corrected chi connectivity index (χ2v) is 4.75. The molecule has 2 unspecified atom stereocenters. The van der Waals surface area contributed by atoms with Gasteiger partial charge >= 0.3 is 0 Å². The van der Waals surface area contributed by atoms with E-state index in [1.807, 2.05) is 6.07 Å². The minimum absolute atomic E-state index is 0.314. The first-order valence-corrected chi connectivity index (χ1v) is 6.42. The van der Waals surface area contributed by atoms with Gasteiger partial charge in [0.15, 0.2) is 0 Å². The summed E-state index contributed by atoms with van der Waals surface area (Å²) in [5, 5.41) is 3.80. The summed E-state index contributed by atoms with van der Waals surface area (Å²) in [6.45, 7) is 2.26. The van der Waals surface area contributed by atoms with E-state index in [2.05, 4.69) is 22.2 Å². The zero-order chi connectivity index (χ0) is 11.4. The molecule has 0 aliphatic heterocycles. The molecule has 1 aliphatic rings. The van der Waals surface area contributed by atoms with Gasteiger partial charge in [-0.05, 0) is 36.4 Å². The standard InChI is InChI=1S/C12H18ClN3/c1-2-9-5-3-4-6-10(9)15-11-7-8-14-12(13)16-11/h7-10H,2-6H2,1H3,(H,14,15,16). The largest absolute Gasteiger partial charge is 0.367 e. The summed E-state index contributed by atoms with van der Waals surface area (Å²) in [4.78, 5) is 8.07.